The van der Waals surface area contributed by atoms with E-state index in [0.29, 0.717) is 11.1 Å². The molecule has 3 rings (SSSR count). The van der Waals surface area contributed by atoms with Crippen molar-refractivity contribution in [3.05, 3.63) is 52.8 Å². The van der Waals surface area contributed by atoms with E-state index in [4.69, 9.17) is 0 Å². The van der Waals surface area contributed by atoms with Crippen LogP contribution < -0.4 is 5.32 Å². The van der Waals surface area contributed by atoms with Crippen LogP contribution >= 0.6 is 0 Å². The van der Waals surface area contributed by atoms with Gasteiger partial charge in [0.2, 0.25) is 12.3 Å². The summed E-state index contributed by atoms with van der Waals surface area (Å²) in [4.78, 5) is 11.5. The second kappa shape index (κ2) is 6.07. The number of fused-ring (bicyclic) bond motifs is 1. The molecule has 2 nitrogen and oxygen atoms in total. The van der Waals surface area contributed by atoms with Gasteiger partial charge >= 0.3 is 0 Å². The lowest BCUT2D eigenvalue weighted by atomic mass is 9.91. The SMILES string of the molecule is Cc1cccc(CCC(F)F)c1-c1cc(F)c2c(c1)CC(=O)N2. The van der Waals surface area contributed by atoms with Crippen LogP contribution in [-0.4, -0.2) is 12.3 Å². The van der Waals surface area contributed by atoms with Gasteiger partial charge in [-0.15, -0.1) is 0 Å². The van der Waals surface area contributed by atoms with Crippen LogP contribution in [-0.2, 0) is 17.6 Å². The van der Waals surface area contributed by atoms with Crippen LogP contribution in [0.3, 0.4) is 0 Å². The molecule has 0 unspecified atom stereocenters. The summed E-state index contributed by atoms with van der Waals surface area (Å²) >= 11 is 0. The van der Waals surface area contributed by atoms with Gasteiger partial charge < -0.3 is 5.32 Å². The molecule has 0 atom stereocenters. The first-order chi connectivity index (χ1) is 11.0. The third-order valence-electron chi connectivity index (χ3n) is 4.07. The normalized spacial score (nSPS) is 13.3. The molecule has 1 amide bonds. The third-order valence-corrected chi connectivity index (χ3v) is 4.07. The number of halogens is 3. The summed E-state index contributed by atoms with van der Waals surface area (Å²) in [5, 5.41) is 2.50. The predicted octanol–water partition coefficient (Wildman–Crippen LogP) is 4.49. The average Bonchev–Trinajstić information content (AvgIpc) is 2.86. The number of rotatable bonds is 4. The molecule has 1 heterocycles. The van der Waals surface area contributed by atoms with Crippen LogP contribution in [0.5, 0.6) is 0 Å². The molecule has 0 bridgehead atoms. The number of carbonyl (C=O) groups excluding carboxylic acids is 1. The minimum atomic E-state index is -2.37. The van der Waals surface area contributed by atoms with Crippen molar-refractivity contribution >= 4 is 11.6 Å². The Hall–Kier alpha value is -2.30. The van der Waals surface area contributed by atoms with Gasteiger partial charge in [0.05, 0.1) is 12.1 Å². The van der Waals surface area contributed by atoms with Crippen molar-refractivity contribution in [2.45, 2.75) is 32.6 Å². The Kier molecular flexibility index (Phi) is 4.11. The number of anilines is 1. The van der Waals surface area contributed by atoms with Gasteiger partial charge in [-0.05, 0) is 53.3 Å². The number of aryl methyl sites for hydroxylation is 2. The highest BCUT2D eigenvalue weighted by molar-refractivity contribution is 6.00. The molecule has 1 aliphatic rings. The Balaban J connectivity index is 2.07. The number of alkyl halides is 2. The summed E-state index contributed by atoms with van der Waals surface area (Å²) < 4.78 is 39.3. The fourth-order valence-electron chi connectivity index (χ4n) is 3.06. The predicted molar refractivity (Wildman–Crippen MR) is 83.2 cm³/mol. The summed E-state index contributed by atoms with van der Waals surface area (Å²) in [7, 11) is 0. The van der Waals surface area contributed by atoms with Crippen LogP contribution in [0.4, 0.5) is 18.9 Å². The first-order valence-electron chi connectivity index (χ1n) is 7.45. The zero-order valence-corrected chi connectivity index (χ0v) is 12.6. The lowest BCUT2D eigenvalue weighted by Crippen LogP contribution is -2.04. The highest BCUT2D eigenvalue weighted by atomic mass is 19.3. The van der Waals surface area contributed by atoms with E-state index in [9.17, 15) is 18.0 Å². The molecule has 0 saturated carbocycles. The molecule has 0 radical (unpaired) electrons. The van der Waals surface area contributed by atoms with Gasteiger partial charge in [-0.3, -0.25) is 4.79 Å². The fourth-order valence-corrected chi connectivity index (χ4v) is 3.06. The average molecular weight is 319 g/mol. The van der Waals surface area contributed by atoms with Gasteiger partial charge in [-0.1, -0.05) is 18.2 Å². The van der Waals surface area contributed by atoms with E-state index in [-0.39, 0.29) is 30.9 Å². The number of carbonyl (C=O) groups is 1. The summed E-state index contributed by atoms with van der Waals surface area (Å²) in [5.74, 6) is -0.731. The molecule has 0 spiro atoms. The fraction of sp³-hybridized carbons (Fsp3) is 0.278. The van der Waals surface area contributed by atoms with Crippen LogP contribution in [0.1, 0.15) is 23.1 Å². The Morgan fingerprint density at radius 2 is 2.04 bits per heavy atom. The second-order valence-electron chi connectivity index (χ2n) is 5.76. The Morgan fingerprint density at radius 3 is 2.78 bits per heavy atom. The minimum Gasteiger partial charge on any atom is -0.323 e. The van der Waals surface area contributed by atoms with Gasteiger partial charge in [0.25, 0.3) is 0 Å². The van der Waals surface area contributed by atoms with E-state index < -0.39 is 12.2 Å². The van der Waals surface area contributed by atoms with Crippen molar-refractivity contribution in [3.8, 4) is 11.1 Å². The van der Waals surface area contributed by atoms with Crippen molar-refractivity contribution in [2.75, 3.05) is 5.32 Å². The molecule has 2 aromatic rings. The largest absolute Gasteiger partial charge is 0.323 e. The quantitative estimate of drug-likeness (QED) is 0.883. The van der Waals surface area contributed by atoms with Crippen molar-refractivity contribution < 1.29 is 18.0 Å². The third kappa shape index (κ3) is 3.09. The maximum Gasteiger partial charge on any atom is 0.239 e. The number of hydrogen-bond acceptors (Lipinski definition) is 1. The lowest BCUT2D eigenvalue weighted by molar-refractivity contribution is -0.115. The van der Waals surface area contributed by atoms with E-state index in [0.717, 1.165) is 16.7 Å². The Morgan fingerprint density at radius 1 is 1.26 bits per heavy atom. The van der Waals surface area contributed by atoms with Crippen LogP contribution in [0, 0.1) is 12.7 Å². The number of amides is 1. The highest BCUT2D eigenvalue weighted by Crippen LogP contribution is 2.35. The molecule has 120 valence electrons. The van der Waals surface area contributed by atoms with Crippen LogP contribution in [0.2, 0.25) is 0 Å². The van der Waals surface area contributed by atoms with Gasteiger partial charge in [0, 0.05) is 6.42 Å². The molecule has 1 N–H and O–H groups in total. The maximum absolute atomic E-state index is 14.3. The smallest absolute Gasteiger partial charge is 0.239 e. The Bertz CT molecular complexity index is 771. The minimum absolute atomic E-state index is 0.137. The van der Waals surface area contributed by atoms with E-state index in [1.807, 2.05) is 19.1 Å². The van der Waals surface area contributed by atoms with E-state index in [2.05, 4.69) is 5.32 Å². The lowest BCUT2D eigenvalue weighted by Gasteiger charge is -2.14. The van der Waals surface area contributed by atoms with Crippen molar-refractivity contribution in [3.63, 3.8) is 0 Å². The standard InChI is InChI=1S/C18H16F3NO/c1-10-3-2-4-11(5-6-15(20)21)17(10)12-7-13-9-16(23)22-18(13)14(19)8-12/h2-4,7-8,15H,5-6,9H2,1H3,(H,22,23). The highest BCUT2D eigenvalue weighted by Gasteiger charge is 2.23. The number of hydrogen-bond donors (Lipinski definition) is 1. The summed E-state index contributed by atoms with van der Waals surface area (Å²) in [6.45, 7) is 1.87. The molecule has 0 saturated heterocycles. The van der Waals surface area contributed by atoms with Gasteiger partial charge in [0.15, 0.2) is 0 Å². The zero-order chi connectivity index (χ0) is 16.6. The molecule has 23 heavy (non-hydrogen) atoms. The van der Waals surface area contributed by atoms with Crippen LogP contribution in [0.15, 0.2) is 30.3 Å². The molecule has 1 aliphatic heterocycles. The topological polar surface area (TPSA) is 29.1 Å². The number of benzene rings is 2. The van der Waals surface area contributed by atoms with Crippen molar-refractivity contribution in [1.29, 1.82) is 0 Å². The first-order valence-corrected chi connectivity index (χ1v) is 7.45. The van der Waals surface area contributed by atoms with Gasteiger partial charge in [-0.25, -0.2) is 13.2 Å². The molecule has 0 fully saturated rings. The van der Waals surface area contributed by atoms with E-state index in [1.165, 1.54) is 6.07 Å². The van der Waals surface area contributed by atoms with Crippen molar-refractivity contribution in [1.82, 2.24) is 0 Å². The van der Waals surface area contributed by atoms with Crippen molar-refractivity contribution in [2.24, 2.45) is 0 Å². The second-order valence-corrected chi connectivity index (χ2v) is 5.76. The molecular formula is C18H16F3NO. The van der Waals surface area contributed by atoms with Gasteiger partial charge in [0.1, 0.15) is 5.82 Å². The summed E-state index contributed by atoms with van der Waals surface area (Å²) in [6, 6.07) is 8.60. The summed E-state index contributed by atoms with van der Waals surface area (Å²) in [6.07, 6.45) is -2.24. The molecule has 0 aromatic heterocycles. The molecule has 0 aliphatic carbocycles. The monoisotopic (exact) mass is 319 g/mol. The van der Waals surface area contributed by atoms with E-state index in [1.54, 1.807) is 12.1 Å². The zero-order valence-electron chi connectivity index (χ0n) is 12.6. The maximum atomic E-state index is 14.3. The molecule has 2 aromatic carbocycles. The van der Waals surface area contributed by atoms with Crippen LogP contribution in [0.25, 0.3) is 11.1 Å². The molecular weight excluding hydrogens is 303 g/mol. The molecule has 5 heteroatoms. The van der Waals surface area contributed by atoms with E-state index >= 15 is 0 Å². The first kappa shape index (κ1) is 15.6. The summed E-state index contributed by atoms with van der Waals surface area (Å²) in [5.41, 5.74) is 3.89. The number of nitrogens with one attached hydrogen (secondary N) is 1. The van der Waals surface area contributed by atoms with Gasteiger partial charge in [-0.2, -0.15) is 0 Å². The Labute approximate surface area is 132 Å².